The number of nitrogens with zero attached hydrogens (tertiary/aromatic N) is 1. The highest BCUT2D eigenvalue weighted by atomic mass is 32.2. The van der Waals surface area contributed by atoms with Crippen LogP contribution in [0.25, 0.3) is 10.2 Å². The molecule has 3 aromatic rings. The summed E-state index contributed by atoms with van der Waals surface area (Å²) in [5.74, 6) is -0.356. The molecule has 0 fully saturated rings. The number of hydrogen-bond acceptors (Lipinski definition) is 5. The first-order valence-corrected chi connectivity index (χ1v) is 10.1. The molecule has 0 aliphatic rings. The summed E-state index contributed by atoms with van der Waals surface area (Å²) in [6, 6.07) is 13.6. The van der Waals surface area contributed by atoms with Crippen LogP contribution in [0, 0.1) is 0 Å². The first-order valence-electron chi connectivity index (χ1n) is 7.83. The second kappa shape index (κ2) is 7.77. The molecule has 0 unspecified atom stereocenters. The van der Waals surface area contributed by atoms with Gasteiger partial charge in [-0.3, -0.25) is 4.79 Å². The monoisotopic (exact) mass is 387 g/mol. The standard InChI is InChI=1S/C18H17N3O3S2/c1-2-10-20-26(23,24)14-7-5-6-13(11-14)18(22)19-12-17-21-15-8-3-4-9-16(15)25-17/h2-9,11,20H,1,10,12H2,(H,19,22). The van der Waals surface area contributed by atoms with E-state index >= 15 is 0 Å². The molecule has 0 radical (unpaired) electrons. The van der Waals surface area contributed by atoms with Gasteiger partial charge in [-0.05, 0) is 30.3 Å². The molecular weight excluding hydrogens is 370 g/mol. The SMILES string of the molecule is C=CCNS(=O)(=O)c1cccc(C(=O)NCc2nc3ccccc3s2)c1. The number of carbonyl (C=O) groups excluding carboxylic acids is 1. The molecule has 0 atom stereocenters. The molecule has 6 nitrogen and oxygen atoms in total. The van der Waals surface area contributed by atoms with Crippen LogP contribution in [-0.4, -0.2) is 25.9 Å². The zero-order chi connectivity index (χ0) is 18.6. The van der Waals surface area contributed by atoms with Gasteiger partial charge in [0.15, 0.2) is 0 Å². The fraction of sp³-hybridized carbons (Fsp3) is 0.111. The van der Waals surface area contributed by atoms with Gasteiger partial charge in [-0.25, -0.2) is 18.1 Å². The number of benzene rings is 2. The average molecular weight is 387 g/mol. The molecule has 0 spiro atoms. The Kier molecular flexibility index (Phi) is 5.46. The normalized spacial score (nSPS) is 11.4. The number of para-hydroxylation sites is 1. The minimum absolute atomic E-state index is 0.0342. The lowest BCUT2D eigenvalue weighted by atomic mass is 10.2. The Morgan fingerprint density at radius 3 is 2.77 bits per heavy atom. The minimum Gasteiger partial charge on any atom is -0.346 e. The van der Waals surface area contributed by atoms with E-state index in [9.17, 15) is 13.2 Å². The summed E-state index contributed by atoms with van der Waals surface area (Å²) < 4.78 is 27.7. The molecule has 134 valence electrons. The van der Waals surface area contributed by atoms with Gasteiger partial charge in [-0.1, -0.05) is 24.3 Å². The van der Waals surface area contributed by atoms with Gasteiger partial charge >= 0.3 is 0 Å². The summed E-state index contributed by atoms with van der Waals surface area (Å²) in [6.45, 7) is 3.88. The van der Waals surface area contributed by atoms with E-state index in [0.717, 1.165) is 15.2 Å². The highest BCUT2D eigenvalue weighted by molar-refractivity contribution is 7.89. The summed E-state index contributed by atoms with van der Waals surface area (Å²) in [4.78, 5) is 16.9. The van der Waals surface area contributed by atoms with Crippen molar-refractivity contribution in [3.05, 3.63) is 71.8 Å². The predicted molar refractivity (Wildman–Crippen MR) is 103 cm³/mol. The number of hydrogen-bond donors (Lipinski definition) is 2. The molecule has 0 aliphatic carbocycles. The molecule has 2 aromatic carbocycles. The maximum Gasteiger partial charge on any atom is 0.251 e. The summed E-state index contributed by atoms with van der Waals surface area (Å²) in [5.41, 5.74) is 1.16. The Morgan fingerprint density at radius 1 is 1.19 bits per heavy atom. The van der Waals surface area contributed by atoms with Crippen molar-refractivity contribution in [3.63, 3.8) is 0 Å². The topological polar surface area (TPSA) is 88.2 Å². The van der Waals surface area contributed by atoms with Gasteiger partial charge in [0.25, 0.3) is 5.91 Å². The largest absolute Gasteiger partial charge is 0.346 e. The van der Waals surface area contributed by atoms with Gasteiger partial charge in [0, 0.05) is 12.1 Å². The van der Waals surface area contributed by atoms with Crippen molar-refractivity contribution in [1.82, 2.24) is 15.0 Å². The van der Waals surface area contributed by atoms with Crippen molar-refractivity contribution >= 4 is 37.5 Å². The molecule has 1 aromatic heterocycles. The zero-order valence-corrected chi connectivity index (χ0v) is 15.4. The third kappa shape index (κ3) is 4.16. The number of rotatable bonds is 7. The summed E-state index contributed by atoms with van der Waals surface area (Å²) in [6.07, 6.45) is 1.45. The third-order valence-electron chi connectivity index (χ3n) is 3.56. The van der Waals surface area contributed by atoms with E-state index in [1.807, 2.05) is 24.3 Å². The van der Waals surface area contributed by atoms with E-state index in [1.54, 1.807) is 6.07 Å². The van der Waals surface area contributed by atoms with Gasteiger partial charge < -0.3 is 5.32 Å². The second-order valence-corrected chi connectivity index (χ2v) is 8.31. The number of nitrogens with one attached hydrogen (secondary N) is 2. The Morgan fingerprint density at radius 2 is 2.00 bits per heavy atom. The lowest BCUT2D eigenvalue weighted by molar-refractivity contribution is 0.0950. The fourth-order valence-electron chi connectivity index (χ4n) is 2.31. The van der Waals surface area contributed by atoms with E-state index < -0.39 is 10.0 Å². The number of aromatic nitrogens is 1. The van der Waals surface area contributed by atoms with Gasteiger partial charge in [0.1, 0.15) is 5.01 Å². The molecule has 0 aliphatic heterocycles. The number of amides is 1. The quantitative estimate of drug-likeness (QED) is 0.610. The van der Waals surface area contributed by atoms with Crippen LogP contribution in [0.15, 0.2) is 66.1 Å². The number of fused-ring (bicyclic) bond motifs is 1. The third-order valence-corrected chi connectivity index (χ3v) is 6.02. The molecule has 1 heterocycles. The van der Waals surface area contributed by atoms with E-state index in [2.05, 4.69) is 21.6 Å². The van der Waals surface area contributed by atoms with E-state index in [1.165, 1.54) is 35.6 Å². The summed E-state index contributed by atoms with van der Waals surface area (Å²) in [7, 11) is -3.67. The predicted octanol–water partition coefficient (Wildman–Crippen LogP) is 2.69. The molecule has 3 rings (SSSR count). The number of sulfonamides is 1. The summed E-state index contributed by atoms with van der Waals surface area (Å²) >= 11 is 1.51. The maximum atomic E-state index is 12.4. The lowest BCUT2D eigenvalue weighted by Crippen LogP contribution is -2.25. The maximum absolute atomic E-state index is 12.4. The Labute approximate surface area is 155 Å². The van der Waals surface area contributed by atoms with Crippen molar-refractivity contribution < 1.29 is 13.2 Å². The van der Waals surface area contributed by atoms with Crippen molar-refractivity contribution in [3.8, 4) is 0 Å². The number of carbonyl (C=O) groups is 1. The molecule has 0 saturated heterocycles. The molecule has 0 bridgehead atoms. The van der Waals surface area contributed by atoms with Gasteiger partial charge in [-0.2, -0.15) is 0 Å². The molecule has 8 heteroatoms. The highest BCUT2D eigenvalue weighted by Gasteiger charge is 2.15. The van der Waals surface area contributed by atoms with Crippen LogP contribution < -0.4 is 10.0 Å². The second-order valence-electron chi connectivity index (χ2n) is 5.43. The van der Waals surface area contributed by atoms with Crippen molar-refractivity contribution in [2.75, 3.05) is 6.54 Å². The van der Waals surface area contributed by atoms with Gasteiger partial charge in [-0.15, -0.1) is 17.9 Å². The van der Waals surface area contributed by atoms with E-state index in [4.69, 9.17) is 0 Å². The first kappa shape index (κ1) is 18.2. The van der Waals surface area contributed by atoms with Crippen LogP contribution in [-0.2, 0) is 16.6 Å². The zero-order valence-electron chi connectivity index (χ0n) is 13.8. The van der Waals surface area contributed by atoms with Crippen LogP contribution in [0.1, 0.15) is 15.4 Å². The van der Waals surface area contributed by atoms with Crippen LogP contribution in [0.5, 0.6) is 0 Å². The van der Waals surface area contributed by atoms with Crippen molar-refractivity contribution in [2.24, 2.45) is 0 Å². The van der Waals surface area contributed by atoms with Crippen molar-refractivity contribution in [1.29, 1.82) is 0 Å². The van der Waals surface area contributed by atoms with Crippen LogP contribution >= 0.6 is 11.3 Å². The fourth-order valence-corrected chi connectivity index (χ4v) is 4.26. The van der Waals surface area contributed by atoms with E-state index in [0.29, 0.717) is 0 Å². The van der Waals surface area contributed by atoms with Crippen LogP contribution in [0.3, 0.4) is 0 Å². The first-order chi connectivity index (χ1) is 12.5. The Balaban J connectivity index is 1.71. The molecule has 1 amide bonds. The molecular formula is C18H17N3O3S2. The Hall–Kier alpha value is -2.55. The Bertz CT molecular complexity index is 1030. The minimum atomic E-state index is -3.67. The van der Waals surface area contributed by atoms with Gasteiger partial charge in [0.05, 0.1) is 21.7 Å². The molecule has 2 N–H and O–H groups in total. The molecule has 0 saturated carbocycles. The summed E-state index contributed by atoms with van der Waals surface area (Å²) in [5, 5.41) is 3.56. The average Bonchev–Trinajstić information content (AvgIpc) is 3.07. The van der Waals surface area contributed by atoms with Crippen LogP contribution in [0.2, 0.25) is 0 Å². The van der Waals surface area contributed by atoms with E-state index in [-0.39, 0.29) is 29.5 Å². The van der Waals surface area contributed by atoms with Crippen molar-refractivity contribution in [2.45, 2.75) is 11.4 Å². The van der Waals surface area contributed by atoms with Gasteiger partial charge in [0.2, 0.25) is 10.0 Å². The highest BCUT2D eigenvalue weighted by Crippen LogP contribution is 2.21. The number of thiazole rings is 1. The lowest BCUT2D eigenvalue weighted by Gasteiger charge is -2.07. The molecule has 26 heavy (non-hydrogen) atoms. The van der Waals surface area contributed by atoms with Crippen LogP contribution in [0.4, 0.5) is 0 Å². The smallest absolute Gasteiger partial charge is 0.251 e.